The van der Waals surface area contributed by atoms with E-state index in [1.807, 2.05) is 0 Å². The van der Waals surface area contributed by atoms with E-state index in [0.29, 0.717) is 19.3 Å². The Morgan fingerprint density at radius 2 is 0.597 bits per heavy atom. The number of hydrogen-bond acceptors (Lipinski definition) is 6. The Balaban J connectivity index is 4.41. The van der Waals surface area contributed by atoms with E-state index in [1.54, 1.807) is 0 Å². The third-order valence-electron chi connectivity index (χ3n) is 11.0. The maximum absolute atomic E-state index is 12.8. The van der Waals surface area contributed by atoms with Crippen LogP contribution in [0.1, 0.15) is 226 Å². The van der Waals surface area contributed by atoms with Gasteiger partial charge in [0.2, 0.25) is 0 Å². The molecule has 6 heteroatoms. The van der Waals surface area contributed by atoms with E-state index >= 15 is 0 Å². The number of ether oxygens (including phenoxy) is 3. The van der Waals surface area contributed by atoms with Crippen molar-refractivity contribution in [3.05, 3.63) is 122 Å². The fourth-order valence-electron chi connectivity index (χ4n) is 6.97. The Bertz CT molecular complexity index is 1440. The molecule has 0 saturated heterocycles. The first-order valence-electron chi connectivity index (χ1n) is 27.0. The molecule has 0 amide bonds. The standard InChI is InChI=1S/C61H98O6/c1-4-7-10-13-16-19-21-23-25-27-28-29-30-31-32-34-35-37-39-42-45-48-51-54-60(63)66-57-58(56-65-59(62)53-50-47-44-41-18-15-12-9-6-3)67-61(64)55-52-49-46-43-40-38-36-33-26-24-22-20-17-14-11-8-5-2/h7-8,10-11,16-17,19-20,23-26,28-29,31-32,36,38,43,46,58H,4-6,9,12-15,18,21-22,27,30,33-35,37,39-42,44-45,47-57H2,1-3H3/b10-7-,11-8-,19-16-,20-17-,25-23-,26-24-,29-28-,32-31-,38-36-,46-43-. The summed E-state index contributed by atoms with van der Waals surface area (Å²) in [6, 6.07) is 0. The Morgan fingerprint density at radius 3 is 0.955 bits per heavy atom. The van der Waals surface area contributed by atoms with Crippen LogP contribution in [0, 0.1) is 0 Å². The monoisotopic (exact) mass is 927 g/mol. The molecule has 0 heterocycles. The average molecular weight is 927 g/mol. The number of esters is 3. The highest BCUT2D eigenvalue weighted by atomic mass is 16.6. The number of allylic oxidation sites excluding steroid dienone is 20. The van der Waals surface area contributed by atoms with Crippen molar-refractivity contribution in [3.63, 3.8) is 0 Å². The maximum Gasteiger partial charge on any atom is 0.306 e. The Hall–Kier alpha value is -4.19. The van der Waals surface area contributed by atoms with Crippen LogP contribution in [0.2, 0.25) is 0 Å². The van der Waals surface area contributed by atoms with Gasteiger partial charge in [0.15, 0.2) is 6.10 Å². The van der Waals surface area contributed by atoms with Crippen molar-refractivity contribution in [2.24, 2.45) is 0 Å². The van der Waals surface area contributed by atoms with Crippen molar-refractivity contribution < 1.29 is 28.6 Å². The second-order valence-electron chi connectivity index (χ2n) is 17.4. The topological polar surface area (TPSA) is 78.9 Å². The van der Waals surface area contributed by atoms with E-state index in [0.717, 1.165) is 116 Å². The predicted octanol–water partition coefficient (Wildman–Crippen LogP) is 18.1. The zero-order chi connectivity index (χ0) is 48.6. The summed E-state index contributed by atoms with van der Waals surface area (Å²) in [6.07, 6.45) is 74.8. The summed E-state index contributed by atoms with van der Waals surface area (Å²) in [7, 11) is 0. The summed E-state index contributed by atoms with van der Waals surface area (Å²) in [5.74, 6) is -0.985. The van der Waals surface area contributed by atoms with Crippen LogP contribution >= 0.6 is 0 Å². The lowest BCUT2D eigenvalue weighted by atomic mass is 10.1. The highest BCUT2D eigenvalue weighted by Gasteiger charge is 2.19. The summed E-state index contributed by atoms with van der Waals surface area (Å²) in [4.78, 5) is 38.0. The number of carbonyl (C=O) groups excluding carboxylic acids is 3. The SMILES string of the molecule is CC/C=C\C/C=C\C/C=C\C/C=C\C/C=C\CCCCCCCCCC(=O)OCC(COC(=O)CCCCCCCCCCC)OC(=O)CCC/C=C\C/C=C\C/C=C\C/C=C\C/C=C\CC. The first-order valence-corrected chi connectivity index (χ1v) is 27.0. The first kappa shape index (κ1) is 62.8. The molecule has 0 radical (unpaired) electrons. The van der Waals surface area contributed by atoms with Crippen LogP contribution < -0.4 is 0 Å². The second-order valence-corrected chi connectivity index (χ2v) is 17.4. The molecule has 0 aromatic carbocycles. The molecule has 0 aliphatic heterocycles. The summed E-state index contributed by atoms with van der Waals surface area (Å²) in [5.41, 5.74) is 0. The average Bonchev–Trinajstić information content (AvgIpc) is 3.33. The fourth-order valence-corrected chi connectivity index (χ4v) is 6.97. The zero-order valence-corrected chi connectivity index (χ0v) is 43.1. The summed E-state index contributed by atoms with van der Waals surface area (Å²) >= 11 is 0. The van der Waals surface area contributed by atoms with Gasteiger partial charge in [0, 0.05) is 19.3 Å². The molecule has 0 aromatic rings. The molecule has 1 unspecified atom stereocenters. The highest BCUT2D eigenvalue weighted by molar-refractivity contribution is 5.71. The number of carbonyl (C=O) groups is 3. The molecule has 0 rings (SSSR count). The molecule has 378 valence electrons. The molecular weight excluding hydrogens is 829 g/mol. The van der Waals surface area contributed by atoms with Gasteiger partial charge in [-0.3, -0.25) is 14.4 Å². The van der Waals surface area contributed by atoms with Gasteiger partial charge in [0.25, 0.3) is 0 Å². The third-order valence-corrected chi connectivity index (χ3v) is 11.0. The van der Waals surface area contributed by atoms with Gasteiger partial charge < -0.3 is 14.2 Å². The largest absolute Gasteiger partial charge is 0.462 e. The Kier molecular flexibility index (Phi) is 51.0. The molecule has 67 heavy (non-hydrogen) atoms. The van der Waals surface area contributed by atoms with Crippen LogP contribution in [0.3, 0.4) is 0 Å². The quantitative estimate of drug-likeness (QED) is 0.0262. The van der Waals surface area contributed by atoms with Crippen LogP contribution in [-0.4, -0.2) is 37.2 Å². The molecule has 0 bridgehead atoms. The van der Waals surface area contributed by atoms with Crippen LogP contribution in [-0.2, 0) is 28.6 Å². The van der Waals surface area contributed by atoms with E-state index < -0.39 is 6.10 Å². The van der Waals surface area contributed by atoms with E-state index in [-0.39, 0.29) is 37.5 Å². The molecule has 0 aliphatic carbocycles. The third kappa shape index (κ3) is 52.6. The Morgan fingerprint density at radius 1 is 0.313 bits per heavy atom. The van der Waals surface area contributed by atoms with Crippen molar-refractivity contribution in [3.8, 4) is 0 Å². The van der Waals surface area contributed by atoms with E-state index in [4.69, 9.17) is 14.2 Å². The predicted molar refractivity (Wildman–Crippen MR) is 288 cm³/mol. The van der Waals surface area contributed by atoms with Crippen molar-refractivity contribution in [1.82, 2.24) is 0 Å². The van der Waals surface area contributed by atoms with E-state index in [1.165, 1.54) is 64.2 Å². The lowest BCUT2D eigenvalue weighted by Crippen LogP contribution is -2.30. The Labute approximate surface area is 412 Å². The minimum atomic E-state index is -0.813. The lowest BCUT2D eigenvalue weighted by Gasteiger charge is -2.18. The first-order chi connectivity index (χ1) is 33.0. The number of rotatable bonds is 47. The van der Waals surface area contributed by atoms with Gasteiger partial charge in [-0.05, 0) is 103 Å². The van der Waals surface area contributed by atoms with Crippen LogP contribution in [0.25, 0.3) is 0 Å². The molecule has 0 spiro atoms. The van der Waals surface area contributed by atoms with Gasteiger partial charge in [0.05, 0.1) is 0 Å². The summed E-state index contributed by atoms with van der Waals surface area (Å²) < 4.78 is 16.7. The molecule has 0 N–H and O–H groups in total. The van der Waals surface area contributed by atoms with Crippen molar-refractivity contribution >= 4 is 17.9 Å². The van der Waals surface area contributed by atoms with Gasteiger partial charge in [-0.2, -0.15) is 0 Å². The van der Waals surface area contributed by atoms with E-state index in [9.17, 15) is 14.4 Å². The van der Waals surface area contributed by atoms with E-state index in [2.05, 4.69) is 142 Å². The minimum Gasteiger partial charge on any atom is -0.462 e. The summed E-state index contributed by atoms with van der Waals surface area (Å²) in [5, 5.41) is 0. The van der Waals surface area contributed by atoms with Crippen LogP contribution in [0.5, 0.6) is 0 Å². The van der Waals surface area contributed by atoms with Gasteiger partial charge in [0.1, 0.15) is 13.2 Å². The van der Waals surface area contributed by atoms with Gasteiger partial charge in [-0.25, -0.2) is 0 Å². The number of unbranched alkanes of at least 4 members (excludes halogenated alkanes) is 16. The van der Waals surface area contributed by atoms with Crippen molar-refractivity contribution in [1.29, 1.82) is 0 Å². The van der Waals surface area contributed by atoms with Gasteiger partial charge in [-0.15, -0.1) is 0 Å². The molecule has 0 aliphatic rings. The molecule has 6 nitrogen and oxygen atoms in total. The number of hydrogen-bond donors (Lipinski definition) is 0. The minimum absolute atomic E-state index is 0.106. The molecule has 0 aromatic heterocycles. The molecule has 0 fully saturated rings. The van der Waals surface area contributed by atoms with Gasteiger partial charge in [-0.1, -0.05) is 226 Å². The normalized spacial score (nSPS) is 13.1. The second kappa shape index (κ2) is 54.4. The molecule has 0 saturated carbocycles. The lowest BCUT2D eigenvalue weighted by molar-refractivity contribution is -0.167. The zero-order valence-electron chi connectivity index (χ0n) is 43.1. The highest BCUT2D eigenvalue weighted by Crippen LogP contribution is 2.13. The van der Waals surface area contributed by atoms with Gasteiger partial charge >= 0.3 is 17.9 Å². The van der Waals surface area contributed by atoms with Crippen molar-refractivity contribution in [2.75, 3.05) is 13.2 Å². The van der Waals surface area contributed by atoms with Crippen molar-refractivity contribution in [2.45, 2.75) is 232 Å². The fraction of sp³-hybridized carbons (Fsp3) is 0.623. The molecular formula is C61H98O6. The maximum atomic E-state index is 12.8. The van der Waals surface area contributed by atoms with Crippen LogP contribution in [0.4, 0.5) is 0 Å². The van der Waals surface area contributed by atoms with Crippen LogP contribution in [0.15, 0.2) is 122 Å². The molecule has 1 atom stereocenters. The smallest absolute Gasteiger partial charge is 0.306 e. The summed E-state index contributed by atoms with van der Waals surface area (Å²) in [6.45, 7) is 6.32.